The van der Waals surface area contributed by atoms with Crippen molar-refractivity contribution in [3.05, 3.63) is 59.9 Å². The molecule has 30 heavy (non-hydrogen) atoms. The second-order valence-corrected chi connectivity index (χ2v) is 9.47. The summed E-state index contributed by atoms with van der Waals surface area (Å²) in [5.74, 6) is -0.0111. The summed E-state index contributed by atoms with van der Waals surface area (Å²) in [4.78, 5) is 23.0. The van der Waals surface area contributed by atoms with Crippen LogP contribution >= 0.6 is 11.3 Å². The van der Waals surface area contributed by atoms with Crippen molar-refractivity contribution in [1.29, 1.82) is 0 Å². The van der Waals surface area contributed by atoms with Crippen LogP contribution in [-0.4, -0.2) is 55.5 Å². The number of pyridine rings is 1. The lowest BCUT2D eigenvalue weighted by molar-refractivity contribution is -0.134. The van der Waals surface area contributed by atoms with Gasteiger partial charge in [-0.15, -0.1) is 11.3 Å². The maximum absolute atomic E-state index is 12.7. The molecular weight excluding hydrogens is 424 g/mol. The van der Waals surface area contributed by atoms with Crippen molar-refractivity contribution in [3.8, 4) is 11.1 Å². The Labute approximate surface area is 178 Å². The van der Waals surface area contributed by atoms with Gasteiger partial charge >= 0.3 is 0 Å². The normalized spacial score (nSPS) is 14.5. The molecular formula is C20H20N4O4S2. The first kappa shape index (κ1) is 20.5. The largest absolute Gasteiger partial charge is 0.378 e. The van der Waals surface area contributed by atoms with E-state index in [1.807, 2.05) is 12.1 Å². The summed E-state index contributed by atoms with van der Waals surface area (Å²) in [5.41, 5.74) is 1.85. The number of rotatable bonds is 6. The van der Waals surface area contributed by atoms with Gasteiger partial charge < -0.3 is 9.64 Å². The van der Waals surface area contributed by atoms with E-state index in [-0.39, 0.29) is 22.4 Å². The van der Waals surface area contributed by atoms with Gasteiger partial charge in [-0.2, -0.15) is 0 Å². The SMILES string of the molecule is O=C(Cc1cnc(NS(=O)(=O)c2ccc(-c3ccncc3)cc2)s1)N1CCOCC1. The number of carbonyl (C=O) groups excluding carboxylic acids is 1. The maximum Gasteiger partial charge on any atom is 0.263 e. The molecule has 0 radical (unpaired) electrons. The molecule has 0 bridgehead atoms. The van der Waals surface area contributed by atoms with Crippen molar-refractivity contribution in [1.82, 2.24) is 14.9 Å². The van der Waals surface area contributed by atoms with Gasteiger partial charge in [-0.25, -0.2) is 13.4 Å². The summed E-state index contributed by atoms with van der Waals surface area (Å²) in [7, 11) is -3.77. The molecule has 0 aliphatic carbocycles. The number of aromatic nitrogens is 2. The minimum absolute atomic E-state index is 0.0111. The summed E-state index contributed by atoms with van der Waals surface area (Å²) in [6.45, 7) is 2.23. The van der Waals surface area contributed by atoms with Gasteiger partial charge in [0.15, 0.2) is 5.13 Å². The Morgan fingerprint density at radius 2 is 1.73 bits per heavy atom. The predicted octanol–water partition coefficient (Wildman–Crippen LogP) is 2.41. The Bertz CT molecular complexity index is 1110. The lowest BCUT2D eigenvalue weighted by Crippen LogP contribution is -2.41. The standard InChI is InChI=1S/C20H20N4O4S2/c25-19(24-9-11-28-12-10-24)13-17-14-22-20(29-17)23-30(26,27)18-3-1-15(2-4-18)16-5-7-21-8-6-16/h1-8,14H,9-13H2,(H,22,23). The van der Waals surface area contributed by atoms with Crippen LogP contribution in [0, 0.1) is 0 Å². The molecule has 1 aliphatic heterocycles. The quantitative estimate of drug-likeness (QED) is 0.627. The number of anilines is 1. The zero-order valence-electron chi connectivity index (χ0n) is 16.0. The third-order valence-electron chi connectivity index (χ3n) is 4.64. The van der Waals surface area contributed by atoms with Crippen LogP contribution in [0.15, 0.2) is 59.9 Å². The number of amides is 1. The van der Waals surface area contributed by atoms with Crippen LogP contribution in [0.1, 0.15) is 4.88 Å². The molecule has 1 saturated heterocycles. The van der Waals surface area contributed by atoms with Crippen molar-refractivity contribution < 1.29 is 17.9 Å². The molecule has 10 heteroatoms. The molecule has 1 aromatic carbocycles. The Morgan fingerprint density at radius 3 is 2.43 bits per heavy atom. The molecule has 3 aromatic rings. The fraction of sp³-hybridized carbons (Fsp3) is 0.250. The van der Waals surface area contributed by atoms with Crippen LogP contribution in [0.3, 0.4) is 0 Å². The van der Waals surface area contributed by atoms with Crippen molar-refractivity contribution >= 4 is 32.4 Å². The number of carbonyl (C=O) groups is 1. The monoisotopic (exact) mass is 444 g/mol. The van der Waals surface area contributed by atoms with E-state index in [1.165, 1.54) is 6.20 Å². The van der Waals surface area contributed by atoms with Crippen LogP contribution in [0.25, 0.3) is 11.1 Å². The third kappa shape index (κ3) is 4.84. The Balaban J connectivity index is 1.41. The number of thiazole rings is 1. The first-order valence-corrected chi connectivity index (χ1v) is 11.6. The summed E-state index contributed by atoms with van der Waals surface area (Å²) in [6, 6.07) is 10.3. The van der Waals surface area contributed by atoms with Crippen molar-refractivity contribution in [2.75, 3.05) is 31.0 Å². The number of benzene rings is 1. The van der Waals surface area contributed by atoms with E-state index in [4.69, 9.17) is 4.74 Å². The zero-order valence-corrected chi connectivity index (χ0v) is 17.7. The van der Waals surface area contributed by atoms with Crippen LogP contribution < -0.4 is 4.72 Å². The Kier molecular flexibility index (Phi) is 6.07. The van der Waals surface area contributed by atoms with E-state index in [9.17, 15) is 13.2 Å². The number of nitrogens with zero attached hydrogens (tertiary/aromatic N) is 3. The number of hydrogen-bond acceptors (Lipinski definition) is 7. The van der Waals surface area contributed by atoms with Crippen molar-refractivity contribution in [3.63, 3.8) is 0 Å². The van der Waals surface area contributed by atoms with Gasteiger partial charge in [-0.1, -0.05) is 12.1 Å². The zero-order chi connectivity index (χ0) is 21.0. The van der Waals surface area contributed by atoms with Crippen molar-refractivity contribution in [2.24, 2.45) is 0 Å². The molecule has 0 saturated carbocycles. The molecule has 1 fully saturated rings. The minimum Gasteiger partial charge on any atom is -0.378 e. The molecule has 0 atom stereocenters. The molecule has 2 aromatic heterocycles. The summed E-state index contributed by atoms with van der Waals surface area (Å²) >= 11 is 1.16. The van der Waals surface area contributed by atoms with Crippen LogP contribution in [0.5, 0.6) is 0 Å². The predicted molar refractivity (Wildman–Crippen MR) is 114 cm³/mol. The van der Waals surface area contributed by atoms with Gasteiger partial charge in [0, 0.05) is 36.6 Å². The lowest BCUT2D eigenvalue weighted by Gasteiger charge is -2.26. The average Bonchev–Trinajstić information content (AvgIpc) is 3.21. The minimum atomic E-state index is -3.77. The van der Waals surface area contributed by atoms with Gasteiger partial charge in [0.25, 0.3) is 10.0 Å². The Hall–Kier alpha value is -2.82. The summed E-state index contributed by atoms with van der Waals surface area (Å²) in [6.07, 6.45) is 5.10. The molecule has 0 spiro atoms. The smallest absolute Gasteiger partial charge is 0.263 e. The van der Waals surface area contributed by atoms with Gasteiger partial charge in [0.05, 0.1) is 24.5 Å². The highest BCUT2D eigenvalue weighted by Gasteiger charge is 2.20. The first-order valence-electron chi connectivity index (χ1n) is 9.35. The van der Waals surface area contributed by atoms with Gasteiger partial charge in [-0.3, -0.25) is 14.5 Å². The lowest BCUT2D eigenvalue weighted by atomic mass is 10.1. The molecule has 4 rings (SSSR count). The summed E-state index contributed by atoms with van der Waals surface area (Å²) in [5, 5.41) is 0.234. The van der Waals surface area contributed by atoms with E-state index in [1.54, 1.807) is 41.6 Å². The molecule has 8 nitrogen and oxygen atoms in total. The maximum atomic E-state index is 12.7. The number of hydrogen-bond donors (Lipinski definition) is 1. The fourth-order valence-corrected chi connectivity index (χ4v) is 5.10. The highest BCUT2D eigenvalue weighted by Crippen LogP contribution is 2.25. The van der Waals surface area contributed by atoms with Crippen LogP contribution in [0.2, 0.25) is 0 Å². The van der Waals surface area contributed by atoms with E-state index < -0.39 is 10.0 Å². The topological polar surface area (TPSA) is 101 Å². The first-order chi connectivity index (χ1) is 14.5. The number of morpholine rings is 1. The average molecular weight is 445 g/mol. The third-order valence-corrected chi connectivity index (χ3v) is 7.04. The van der Waals surface area contributed by atoms with E-state index >= 15 is 0 Å². The highest BCUT2D eigenvalue weighted by atomic mass is 32.2. The van der Waals surface area contributed by atoms with E-state index in [2.05, 4.69) is 14.7 Å². The fourth-order valence-electron chi connectivity index (χ4n) is 3.05. The van der Waals surface area contributed by atoms with Crippen molar-refractivity contribution in [2.45, 2.75) is 11.3 Å². The second-order valence-electron chi connectivity index (χ2n) is 6.67. The molecule has 1 N–H and O–H groups in total. The van der Waals surface area contributed by atoms with Crippen LogP contribution in [0.4, 0.5) is 5.13 Å². The number of nitrogens with one attached hydrogen (secondary N) is 1. The highest BCUT2D eigenvalue weighted by molar-refractivity contribution is 7.93. The van der Waals surface area contributed by atoms with Crippen LogP contribution in [-0.2, 0) is 26.0 Å². The van der Waals surface area contributed by atoms with E-state index in [0.717, 1.165) is 22.5 Å². The number of sulfonamides is 1. The van der Waals surface area contributed by atoms with Gasteiger partial charge in [0.2, 0.25) is 5.91 Å². The summed E-state index contributed by atoms with van der Waals surface area (Å²) < 4.78 is 33.1. The number of ether oxygens (including phenoxy) is 1. The molecule has 3 heterocycles. The second kappa shape index (κ2) is 8.90. The molecule has 0 unspecified atom stereocenters. The molecule has 1 amide bonds. The Morgan fingerprint density at radius 1 is 1.07 bits per heavy atom. The molecule has 156 valence electrons. The molecule has 1 aliphatic rings. The van der Waals surface area contributed by atoms with Gasteiger partial charge in [0.1, 0.15) is 0 Å². The van der Waals surface area contributed by atoms with E-state index in [0.29, 0.717) is 31.2 Å². The van der Waals surface area contributed by atoms with Gasteiger partial charge in [-0.05, 0) is 35.4 Å².